The normalized spacial score (nSPS) is 10.9. The molecule has 0 bridgehead atoms. The first-order valence-corrected chi connectivity index (χ1v) is 9.85. The minimum Gasteiger partial charge on any atom is -0.490 e. The van der Waals surface area contributed by atoms with E-state index in [1.807, 2.05) is 32.9 Å². The van der Waals surface area contributed by atoms with Crippen molar-refractivity contribution in [2.75, 3.05) is 18.5 Å². The van der Waals surface area contributed by atoms with Crippen molar-refractivity contribution in [3.63, 3.8) is 0 Å². The summed E-state index contributed by atoms with van der Waals surface area (Å²) in [5.74, 6) is 0.572. The van der Waals surface area contributed by atoms with Crippen molar-refractivity contribution in [3.05, 3.63) is 56.5 Å². The Balaban J connectivity index is 2.38. The number of para-hydroxylation sites is 1. The second-order valence-electron chi connectivity index (χ2n) is 5.75. The van der Waals surface area contributed by atoms with Crippen LogP contribution in [0.3, 0.4) is 0 Å². The Kier molecular flexibility index (Phi) is 7.91. The van der Waals surface area contributed by atoms with Crippen LogP contribution in [0, 0.1) is 18.3 Å². The predicted molar refractivity (Wildman–Crippen MR) is 115 cm³/mol. The number of ether oxygens (including phenoxy) is 2. The van der Waals surface area contributed by atoms with Gasteiger partial charge in [0, 0.05) is 0 Å². The van der Waals surface area contributed by atoms with Crippen LogP contribution in [-0.4, -0.2) is 19.1 Å². The predicted octanol–water partition coefficient (Wildman–Crippen LogP) is 5.75. The number of carbonyl (C=O) groups excluding carboxylic acids is 1. The summed E-state index contributed by atoms with van der Waals surface area (Å²) in [6.45, 7) is 6.51. The smallest absolute Gasteiger partial charge is 0.266 e. The monoisotopic (exact) mass is 462 g/mol. The maximum absolute atomic E-state index is 12.6. The fraction of sp³-hybridized carbons (Fsp3) is 0.238. The lowest BCUT2D eigenvalue weighted by Crippen LogP contribution is -2.14. The summed E-state index contributed by atoms with van der Waals surface area (Å²) < 4.78 is 11.9. The van der Waals surface area contributed by atoms with Gasteiger partial charge < -0.3 is 14.8 Å². The number of carbonyl (C=O) groups is 1. The molecule has 0 saturated carbocycles. The van der Waals surface area contributed by atoms with Gasteiger partial charge in [-0.25, -0.2) is 0 Å². The quantitative estimate of drug-likeness (QED) is 0.419. The summed E-state index contributed by atoms with van der Waals surface area (Å²) in [5, 5.41) is 12.6. The molecule has 146 valence electrons. The molecular formula is C21H20BrClN2O3. The van der Waals surface area contributed by atoms with Crippen LogP contribution >= 0.6 is 27.5 Å². The third-order valence-electron chi connectivity index (χ3n) is 3.76. The molecule has 0 aromatic heterocycles. The molecule has 28 heavy (non-hydrogen) atoms. The van der Waals surface area contributed by atoms with Crippen molar-refractivity contribution in [2.24, 2.45) is 0 Å². The number of anilines is 1. The van der Waals surface area contributed by atoms with Crippen molar-refractivity contribution >= 4 is 45.2 Å². The Hall–Kier alpha value is -2.49. The third kappa shape index (κ3) is 5.28. The molecule has 2 rings (SSSR count). The summed E-state index contributed by atoms with van der Waals surface area (Å²) in [6, 6.07) is 10.7. The minimum absolute atomic E-state index is 0.0576. The van der Waals surface area contributed by atoms with E-state index in [1.165, 1.54) is 6.08 Å². The summed E-state index contributed by atoms with van der Waals surface area (Å²) >= 11 is 9.61. The van der Waals surface area contributed by atoms with Gasteiger partial charge >= 0.3 is 0 Å². The largest absolute Gasteiger partial charge is 0.490 e. The van der Waals surface area contributed by atoms with Gasteiger partial charge in [0.05, 0.1) is 28.4 Å². The zero-order valence-electron chi connectivity index (χ0n) is 15.8. The SMILES string of the molecule is CCOc1cc(/C=C(\C#N)C(=O)Nc2c(C)cccc2Cl)cc(Br)c1OCC. The summed E-state index contributed by atoms with van der Waals surface area (Å²) in [4.78, 5) is 12.6. The maximum Gasteiger partial charge on any atom is 0.266 e. The maximum atomic E-state index is 12.6. The van der Waals surface area contributed by atoms with E-state index < -0.39 is 5.91 Å². The van der Waals surface area contributed by atoms with E-state index in [0.717, 1.165) is 5.56 Å². The fourth-order valence-electron chi connectivity index (χ4n) is 2.50. The van der Waals surface area contributed by atoms with Gasteiger partial charge in [-0.3, -0.25) is 4.79 Å². The summed E-state index contributed by atoms with van der Waals surface area (Å²) in [7, 11) is 0. The van der Waals surface area contributed by atoms with Crippen molar-refractivity contribution in [2.45, 2.75) is 20.8 Å². The number of nitrogens with one attached hydrogen (secondary N) is 1. The van der Waals surface area contributed by atoms with Crippen LogP contribution in [0.1, 0.15) is 25.0 Å². The van der Waals surface area contributed by atoms with E-state index in [0.29, 0.717) is 45.5 Å². The standard InChI is InChI=1S/C21H20BrClN2O3/c1-4-27-18-11-14(10-16(22)20(18)28-5-2)9-15(12-24)21(26)25-19-13(3)7-6-8-17(19)23/h6-11H,4-5H2,1-3H3,(H,25,26)/b15-9+. The van der Waals surface area contributed by atoms with Gasteiger partial charge in [0.15, 0.2) is 11.5 Å². The number of amides is 1. The molecule has 2 aromatic rings. The molecule has 0 atom stereocenters. The van der Waals surface area contributed by atoms with Crippen LogP contribution in [0.2, 0.25) is 5.02 Å². The number of rotatable bonds is 7. The number of aryl methyl sites for hydroxylation is 1. The zero-order chi connectivity index (χ0) is 20.7. The first kappa shape index (κ1) is 21.8. The molecule has 0 heterocycles. The highest BCUT2D eigenvalue weighted by molar-refractivity contribution is 9.10. The van der Waals surface area contributed by atoms with E-state index in [9.17, 15) is 10.1 Å². The molecule has 1 N–H and O–H groups in total. The van der Waals surface area contributed by atoms with Crippen LogP contribution in [0.25, 0.3) is 6.08 Å². The van der Waals surface area contributed by atoms with E-state index in [2.05, 4.69) is 21.2 Å². The molecule has 2 aromatic carbocycles. The highest BCUT2D eigenvalue weighted by Gasteiger charge is 2.15. The lowest BCUT2D eigenvalue weighted by atomic mass is 10.1. The first-order valence-electron chi connectivity index (χ1n) is 8.68. The van der Waals surface area contributed by atoms with E-state index in [-0.39, 0.29) is 5.57 Å². The molecule has 0 spiro atoms. The molecule has 0 aliphatic rings. The molecule has 7 heteroatoms. The number of benzene rings is 2. The van der Waals surface area contributed by atoms with E-state index in [4.69, 9.17) is 21.1 Å². The van der Waals surface area contributed by atoms with Crippen molar-refractivity contribution in [1.29, 1.82) is 5.26 Å². The highest BCUT2D eigenvalue weighted by Crippen LogP contribution is 2.37. The topological polar surface area (TPSA) is 71.3 Å². The van der Waals surface area contributed by atoms with Gasteiger partial charge in [-0.15, -0.1) is 0 Å². The van der Waals surface area contributed by atoms with Gasteiger partial charge in [-0.2, -0.15) is 5.26 Å². The molecule has 0 fully saturated rings. The number of halogens is 2. The molecule has 0 unspecified atom stereocenters. The van der Waals surface area contributed by atoms with Gasteiger partial charge in [0.25, 0.3) is 5.91 Å². The average molecular weight is 464 g/mol. The Morgan fingerprint density at radius 3 is 2.61 bits per heavy atom. The second kappa shape index (κ2) is 10.2. The summed E-state index contributed by atoms with van der Waals surface area (Å²) in [5.41, 5.74) is 1.86. The van der Waals surface area contributed by atoms with Crippen LogP contribution in [0.5, 0.6) is 11.5 Å². The molecule has 0 aliphatic carbocycles. The number of nitrogens with zero attached hydrogens (tertiary/aromatic N) is 1. The van der Waals surface area contributed by atoms with Crippen LogP contribution in [0.4, 0.5) is 5.69 Å². The van der Waals surface area contributed by atoms with Gasteiger partial charge in [-0.1, -0.05) is 23.7 Å². The van der Waals surface area contributed by atoms with Gasteiger partial charge in [-0.05, 0) is 72.1 Å². The molecule has 0 aliphatic heterocycles. The Morgan fingerprint density at radius 1 is 1.29 bits per heavy atom. The van der Waals surface area contributed by atoms with Crippen LogP contribution in [-0.2, 0) is 4.79 Å². The zero-order valence-corrected chi connectivity index (χ0v) is 18.1. The molecule has 5 nitrogen and oxygen atoms in total. The molecule has 0 radical (unpaired) electrons. The Labute approximate surface area is 178 Å². The average Bonchev–Trinajstić information content (AvgIpc) is 2.65. The fourth-order valence-corrected chi connectivity index (χ4v) is 3.35. The van der Waals surface area contributed by atoms with Crippen molar-refractivity contribution in [3.8, 4) is 17.6 Å². The van der Waals surface area contributed by atoms with Crippen LogP contribution in [0.15, 0.2) is 40.4 Å². The Morgan fingerprint density at radius 2 is 2.00 bits per heavy atom. The lowest BCUT2D eigenvalue weighted by molar-refractivity contribution is -0.112. The van der Waals surface area contributed by atoms with Gasteiger partial charge in [0.1, 0.15) is 11.6 Å². The first-order chi connectivity index (χ1) is 13.4. The number of hydrogen-bond donors (Lipinski definition) is 1. The van der Waals surface area contributed by atoms with Gasteiger partial charge in [0.2, 0.25) is 0 Å². The molecular weight excluding hydrogens is 444 g/mol. The van der Waals surface area contributed by atoms with Crippen molar-refractivity contribution < 1.29 is 14.3 Å². The third-order valence-corrected chi connectivity index (χ3v) is 4.66. The molecule has 1 amide bonds. The number of hydrogen-bond acceptors (Lipinski definition) is 4. The lowest BCUT2D eigenvalue weighted by Gasteiger charge is -2.14. The van der Waals surface area contributed by atoms with Crippen LogP contribution < -0.4 is 14.8 Å². The minimum atomic E-state index is -0.540. The molecule has 0 saturated heterocycles. The highest BCUT2D eigenvalue weighted by atomic mass is 79.9. The second-order valence-corrected chi connectivity index (χ2v) is 7.01. The Bertz CT molecular complexity index is 931. The van der Waals surface area contributed by atoms with Crippen molar-refractivity contribution in [1.82, 2.24) is 0 Å². The summed E-state index contributed by atoms with van der Waals surface area (Å²) in [6.07, 6.45) is 1.49. The number of nitriles is 1. The van der Waals surface area contributed by atoms with E-state index in [1.54, 1.807) is 24.3 Å². The van der Waals surface area contributed by atoms with E-state index >= 15 is 0 Å².